The molecule has 0 aromatic heterocycles. The number of nitrogens with one attached hydrogen (secondary N) is 1. The van der Waals surface area contributed by atoms with Crippen LogP contribution in [0.1, 0.15) is 19.8 Å². The minimum Gasteiger partial charge on any atom is -0.452 e. The van der Waals surface area contributed by atoms with Gasteiger partial charge in [0.2, 0.25) is 10.0 Å². The molecule has 1 aromatic rings. The first-order valence-electron chi connectivity index (χ1n) is 8.29. The van der Waals surface area contributed by atoms with Crippen molar-refractivity contribution in [3.63, 3.8) is 0 Å². The summed E-state index contributed by atoms with van der Waals surface area (Å²) in [6.07, 6.45) is 7.89. The summed E-state index contributed by atoms with van der Waals surface area (Å²) in [5, 5.41) is 2.55. The van der Waals surface area contributed by atoms with Gasteiger partial charge in [-0.15, -0.1) is 0 Å². The summed E-state index contributed by atoms with van der Waals surface area (Å²) in [6.45, 7) is 2.46. The van der Waals surface area contributed by atoms with E-state index in [0.29, 0.717) is 18.8 Å². The predicted octanol–water partition coefficient (Wildman–Crippen LogP) is 2.09. The molecular weight excluding hydrogens is 356 g/mol. The molecule has 1 N–H and O–H groups in total. The number of esters is 1. The standard InChI is InChI=1S/C18H22N2O5S/c1-2-3-4-7-18(22)25-14-17(21)19-15-8-10-16(11-9-15)26(23,24)20-12-5-6-13-20/h2-4,7-11H,5-6,12-14H2,1H3,(H,19,21). The smallest absolute Gasteiger partial charge is 0.331 e. The van der Waals surface area contributed by atoms with E-state index in [1.807, 2.05) is 6.92 Å². The number of amides is 1. The average Bonchev–Trinajstić information content (AvgIpc) is 3.16. The van der Waals surface area contributed by atoms with Crippen molar-refractivity contribution in [2.45, 2.75) is 24.7 Å². The van der Waals surface area contributed by atoms with E-state index in [4.69, 9.17) is 4.74 Å². The fourth-order valence-corrected chi connectivity index (χ4v) is 3.93. The van der Waals surface area contributed by atoms with E-state index in [0.717, 1.165) is 12.8 Å². The van der Waals surface area contributed by atoms with Crippen LogP contribution in [-0.4, -0.2) is 44.3 Å². The molecule has 0 bridgehead atoms. The number of hydrogen-bond donors (Lipinski definition) is 1. The Balaban J connectivity index is 1.88. The molecule has 7 nitrogen and oxygen atoms in total. The van der Waals surface area contributed by atoms with E-state index in [2.05, 4.69) is 5.32 Å². The van der Waals surface area contributed by atoms with Crippen LogP contribution in [0.2, 0.25) is 0 Å². The number of carbonyl (C=O) groups is 2. The van der Waals surface area contributed by atoms with Gasteiger partial charge in [-0.25, -0.2) is 13.2 Å². The summed E-state index contributed by atoms with van der Waals surface area (Å²) >= 11 is 0. The van der Waals surface area contributed by atoms with E-state index >= 15 is 0 Å². The fourth-order valence-electron chi connectivity index (χ4n) is 2.41. The highest BCUT2D eigenvalue weighted by Gasteiger charge is 2.26. The first-order chi connectivity index (χ1) is 12.4. The first-order valence-corrected chi connectivity index (χ1v) is 9.73. The monoisotopic (exact) mass is 378 g/mol. The van der Waals surface area contributed by atoms with Crippen molar-refractivity contribution in [1.29, 1.82) is 0 Å². The number of rotatable bonds is 7. The zero-order valence-corrected chi connectivity index (χ0v) is 15.4. The highest BCUT2D eigenvalue weighted by atomic mass is 32.2. The predicted molar refractivity (Wildman–Crippen MR) is 98.0 cm³/mol. The Kier molecular flexibility index (Phi) is 7.11. The van der Waals surface area contributed by atoms with Crippen LogP contribution >= 0.6 is 0 Å². The molecule has 0 radical (unpaired) electrons. The van der Waals surface area contributed by atoms with Crippen LogP contribution < -0.4 is 5.32 Å². The molecule has 0 unspecified atom stereocenters. The van der Waals surface area contributed by atoms with Gasteiger partial charge in [0.1, 0.15) is 0 Å². The van der Waals surface area contributed by atoms with Gasteiger partial charge < -0.3 is 10.1 Å². The van der Waals surface area contributed by atoms with Gasteiger partial charge in [-0.2, -0.15) is 4.31 Å². The second kappa shape index (κ2) is 9.30. The maximum Gasteiger partial charge on any atom is 0.331 e. The molecule has 0 spiro atoms. The maximum atomic E-state index is 12.4. The molecule has 0 atom stereocenters. The fraction of sp³-hybridized carbons (Fsp3) is 0.333. The molecule has 1 aliphatic rings. The SMILES string of the molecule is CC=CC=CC(=O)OCC(=O)Nc1ccc(S(=O)(=O)N2CCCC2)cc1. The third-order valence-electron chi connectivity index (χ3n) is 3.72. The van der Waals surface area contributed by atoms with Gasteiger partial charge in [0.15, 0.2) is 6.61 Å². The molecule has 0 saturated carbocycles. The van der Waals surface area contributed by atoms with Gasteiger partial charge in [0.25, 0.3) is 5.91 Å². The lowest BCUT2D eigenvalue weighted by molar-refractivity contribution is -0.142. The van der Waals surface area contributed by atoms with Gasteiger partial charge >= 0.3 is 5.97 Å². The molecule has 1 saturated heterocycles. The van der Waals surface area contributed by atoms with Crippen LogP contribution in [-0.2, 0) is 24.3 Å². The van der Waals surface area contributed by atoms with Crippen LogP contribution in [0.5, 0.6) is 0 Å². The average molecular weight is 378 g/mol. The lowest BCUT2D eigenvalue weighted by Crippen LogP contribution is -2.27. The number of carbonyl (C=O) groups excluding carboxylic acids is 2. The van der Waals surface area contributed by atoms with Gasteiger partial charge in [0.05, 0.1) is 4.90 Å². The second-order valence-corrected chi connectivity index (χ2v) is 7.61. The van der Waals surface area contributed by atoms with Crippen molar-refractivity contribution < 1.29 is 22.7 Å². The topological polar surface area (TPSA) is 92.8 Å². The number of nitrogens with zero attached hydrogens (tertiary/aromatic N) is 1. The number of anilines is 1. The molecule has 0 aliphatic carbocycles. The van der Waals surface area contributed by atoms with Gasteiger partial charge in [0, 0.05) is 24.9 Å². The Labute approximate surface area is 153 Å². The number of allylic oxidation sites excluding steroid dienone is 3. The lowest BCUT2D eigenvalue weighted by Gasteiger charge is -2.15. The summed E-state index contributed by atoms with van der Waals surface area (Å²) in [5.41, 5.74) is 0.427. The highest BCUT2D eigenvalue weighted by Crippen LogP contribution is 2.22. The number of benzene rings is 1. The number of sulfonamides is 1. The molecule has 1 amide bonds. The van der Waals surface area contributed by atoms with Crippen molar-refractivity contribution in [2.24, 2.45) is 0 Å². The van der Waals surface area contributed by atoms with E-state index in [9.17, 15) is 18.0 Å². The quantitative estimate of drug-likeness (QED) is 0.445. The molecule has 1 heterocycles. The Hall–Kier alpha value is -2.45. The maximum absolute atomic E-state index is 12.4. The van der Waals surface area contributed by atoms with Gasteiger partial charge in [-0.1, -0.05) is 18.2 Å². The molecule has 26 heavy (non-hydrogen) atoms. The first kappa shape index (κ1) is 19.9. The second-order valence-electron chi connectivity index (χ2n) is 5.68. The molecule has 1 fully saturated rings. The van der Waals surface area contributed by atoms with Crippen LogP contribution in [0.4, 0.5) is 5.69 Å². The normalized spacial score (nSPS) is 15.6. The van der Waals surface area contributed by atoms with E-state index in [1.54, 1.807) is 12.2 Å². The van der Waals surface area contributed by atoms with Crippen molar-refractivity contribution in [2.75, 3.05) is 25.0 Å². The number of hydrogen-bond acceptors (Lipinski definition) is 5. The zero-order valence-electron chi connectivity index (χ0n) is 14.6. The summed E-state index contributed by atoms with van der Waals surface area (Å²) in [5.74, 6) is -1.13. The Morgan fingerprint density at radius 3 is 2.42 bits per heavy atom. The van der Waals surface area contributed by atoms with Gasteiger partial charge in [-0.05, 0) is 44.0 Å². The van der Waals surface area contributed by atoms with Crippen molar-refractivity contribution in [3.8, 4) is 0 Å². The molecule has 8 heteroatoms. The zero-order chi connectivity index (χ0) is 19.0. The van der Waals surface area contributed by atoms with Crippen LogP contribution in [0.3, 0.4) is 0 Å². The van der Waals surface area contributed by atoms with E-state index in [-0.39, 0.29) is 4.90 Å². The molecule has 1 aliphatic heterocycles. The van der Waals surface area contributed by atoms with Crippen molar-refractivity contribution in [1.82, 2.24) is 4.31 Å². The minimum atomic E-state index is -3.48. The third-order valence-corrected chi connectivity index (χ3v) is 5.64. The van der Waals surface area contributed by atoms with Crippen LogP contribution in [0, 0.1) is 0 Å². The van der Waals surface area contributed by atoms with E-state index < -0.39 is 28.5 Å². The van der Waals surface area contributed by atoms with Gasteiger partial charge in [-0.3, -0.25) is 4.79 Å². The minimum absolute atomic E-state index is 0.193. The summed E-state index contributed by atoms with van der Waals surface area (Å²) < 4.78 is 31.1. The summed E-state index contributed by atoms with van der Waals surface area (Å²) in [6, 6.07) is 5.92. The lowest BCUT2D eigenvalue weighted by atomic mass is 10.3. The highest BCUT2D eigenvalue weighted by molar-refractivity contribution is 7.89. The van der Waals surface area contributed by atoms with Crippen LogP contribution in [0.15, 0.2) is 53.5 Å². The van der Waals surface area contributed by atoms with Crippen molar-refractivity contribution >= 4 is 27.6 Å². The van der Waals surface area contributed by atoms with E-state index in [1.165, 1.54) is 40.7 Å². The molecule has 1 aromatic carbocycles. The third kappa shape index (κ3) is 5.53. The molecule has 140 valence electrons. The summed E-state index contributed by atoms with van der Waals surface area (Å²) in [7, 11) is -3.48. The van der Waals surface area contributed by atoms with Crippen molar-refractivity contribution in [3.05, 3.63) is 48.6 Å². The Bertz CT molecular complexity index is 791. The molecule has 2 rings (SSSR count). The Morgan fingerprint density at radius 2 is 1.81 bits per heavy atom. The van der Waals surface area contributed by atoms with Crippen LogP contribution in [0.25, 0.3) is 0 Å². The number of ether oxygens (including phenoxy) is 1. The molecular formula is C18H22N2O5S. The Morgan fingerprint density at radius 1 is 1.15 bits per heavy atom. The largest absolute Gasteiger partial charge is 0.452 e. The summed E-state index contributed by atoms with van der Waals surface area (Å²) in [4.78, 5) is 23.3.